The molecule has 0 bridgehead atoms. The van der Waals surface area contributed by atoms with Gasteiger partial charge >= 0.3 is 0 Å². The minimum Gasteiger partial charge on any atom is -0.394 e. The summed E-state index contributed by atoms with van der Waals surface area (Å²) in [7, 11) is 0. The molecule has 1 aliphatic carbocycles. The van der Waals surface area contributed by atoms with E-state index in [-0.39, 0.29) is 12.1 Å². The van der Waals surface area contributed by atoms with Gasteiger partial charge in [0.1, 0.15) is 0 Å². The van der Waals surface area contributed by atoms with Gasteiger partial charge in [-0.25, -0.2) is 0 Å². The predicted octanol–water partition coefficient (Wildman–Crippen LogP) is 1.10. The zero-order chi connectivity index (χ0) is 13.4. The Kier molecular flexibility index (Phi) is 7.15. The van der Waals surface area contributed by atoms with Crippen LogP contribution in [-0.2, 0) is 4.74 Å². The Morgan fingerprint density at radius 1 is 1.33 bits per heavy atom. The Balaban J connectivity index is 2.50. The Morgan fingerprint density at radius 3 is 2.50 bits per heavy atom. The van der Waals surface area contributed by atoms with Crippen LogP contribution < -0.4 is 5.32 Å². The molecule has 0 spiro atoms. The van der Waals surface area contributed by atoms with Crippen molar-refractivity contribution in [2.24, 2.45) is 5.92 Å². The van der Waals surface area contributed by atoms with Crippen molar-refractivity contribution in [3.05, 3.63) is 0 Å². The standard InChI is InChI=1S/C14H30N2O2/c1-4-15-14(12-17,13-7-8-13)11-16(5-2)9-10-18-6-3/h13,15,17H,4-12H2,1-3H3. The van der Waals surface area contributed by atoms with E-state index in [9.17, 15) is 5.11 Å². The average molecular weight is 258 g/mol. The molecule has 1 rings (SSSR count). The second-order valence-corrected chi connectivity index (χ2v) is 5.18. The lowest BCUT2D eigenvalue weighted by Crippen LogP contribution is -2.58. The number of rotatable bonds is 11. The Labute approximate surface area is 112 Å². The lowest BCUT2D eigenvalue weighted by atomic mass is 9.93. The van der Waals surface area contributed by atoms with E-state index in [1.165, 1.54) is 12.8 Å². The van der Waals surface area contributed by atoms with Crippen LogP contribution in [0.25, 0.3) is 0 Å². The van der Waals surface area contributed by atoms with Crippen LogP contribution in [0, 0.1) is 5.92 Å². The molecule has 1 aliphatic rings. The first-order valence-electron chi connectivity index (χ1n) is 7.38. The number of ether oxygens (including phenoxy) is 1. The molecule has 18 heavy (non-hydrogen) atoms. The predicted molar refractivity (Wildman–Crippen MR) is 74.8 cm³/mol. The van der Waals surface area contributed by atoms with Gasteiger partial charge in [-0.15, -0.1) is 0 Å². The van der Waals surface area contributed by atoms with Crippen molar-refractivity contribution in [1.82, 2.24) is 10.2 Å². The number of nitrogens with one attached hydrogen (secondary N) is 1. The monoisotopic (exact) mass is 258 g/mol. The number of aliphatic hydroxyl groups is 1. The van der Waals surface area contributed by atoms with E-state index in [4.69, 9.17) is 4.74 Å². The number of likely N-dealkylation sites (N-methyl/N-ethyl adjacent to an activating group) is 2. The molecule has 1 atom stereocenters. The summed E-state index contributed by atoms with van der Waals surface area (Å²) in [5.41, 5.74) is -0.100. The quantitative estimate of drug-likeness (QED) is 0.545. The average Bonchev–Trinajstić information content (AvgIpc) is 3.21. The van der Waals surface area contributed by atoms with Crippen molar-refractivity contribution in [2.75, 3.05) is 46.0 Å². The highest BCUT2D eigenvalue weighted by molar-refractivity contribution is 5.02. The van der Waals surface area contributed by atoms with E-state index in [1.807, 2.05) is 6.92 Å². The summed E-state index contributed by atoms with van der Waals surface area (Å²) < 4.78 is 5.43. The maximum Gasteiger partial charge on any atom is 0.0628 e. The number of hydrogen-bond donors (Lipinski definition) is 2. The smallest absolute Gasteiger partial charge is 0.0628 e. The number of nitrogens with zero attached hydrogens (tertiary/aromatic N) is 1. The van der Waals surface area contributed by atoms with Crippen molar-refractivity contribution in [2.45, 2.75) is 39.2 Å². The molecule has 2 N–H and O–H groups in total. The molecular formula is C14H30N2O2. The molecule has 4 heteroatoms. The molecule has 1 saturated carbocycles. The summed E-state index contributed by atoms with van der Waals surface area (Å²) >= 11 is 0. The molecule has 0 heterocycles. The molecule has 4 nitrogen and oxygen atoms in total. The molecular weight excluding hydrogens is 228 g/mol. The van der Waals surface area contributed by atoms with E-state index in [2.05, 4.69) is 24.1 Å². The third-order valence-electron chi connectivity index (χ3n) is 3.88. The van der Waals surface area contributed by atoms with Crippen molar-refractivity contribution >= 4 is 0 Å². The Morgan fingerprint density at radius 2 is 2.06 bits per heavy atom. The second kappa shape index (κ2) is 8.10. The van der Waals surface area contributed by atoms with Gasteiger partial charge in [0.2, 0.25) is 0 Å². The molecule has 0 radical (unpaired) electrons. The summed E-state index contributed by atoms with van der Waals surface area (Å²) in [6.45, 7) is 11.9. The van der Waals surface area contributed by atoms with Gasteiger partial charge < -0.3 is 15.2 Å². The Bertz CT molecular complexity index is 222. The summed E-state index contributed by atoms with van der Waals surface area (Å²) in [5, 5.41) is 13.3. The van der Waals surface area contributed by atoms with Crippen LogP contribution in [0.3, 0.4) is 0 Å². The van der Waals surface area contributed by atoms with Gasteiger partial charge in [-0.3, -0.25) is 4.90 Å². The van der Waals surface area contributed by atoms with Crippen LogP contribution in [0.4, 0.5) is 0 Å². The van der Waals surface area contributed by atoms with Gasteiger partial charge in [0, 0.05) is 19.7 Å². The molecule has 108 valence electrons. The fourth-order valence-corrected chi connectivity index (χ4v) is 2.64. The molecule has 0 aromatic heterocycles. The van der Waals surface area contributed by atoms with Gasteiger partial charge in [0.15, 0.2) is 0 Å². The van der Waals surface area contributed by atoms with Gasteiger partial charge in [0.05, 0.1) is 18.8 Å². The fraction of sp³-hybridized carbons (Fsp3) is 1.00. The van der Waals surface area contributed by atoms with Crippen LogP contribution in [0.1, 0.15) is 33.6 Å². The molecule has 1 unspecified atom stereocenters. The van der Waals surface area contributed by atoms with Gasteiger partial charge in [-0.2, -0.15) is 0 Å². The third kappa shape index (κ3) is 4.50. The first-order chi connectivity index (χ1) is 8.72. The lowest BCUT2D eigenvalue weighted by molar-refractivity contribution is 0.0684. The molecule has 0 aromatic rings. The van der Waals surface area contributed by atoms with Crippen molar-refractivity contribution in [3.8, 4) is 0 Å². The first-order valence-corrected chi connectivity index (χ1v) is 7.38. The number of aliphatic hydroxyl groups excluding tert-OH is 1. The Hall–Kier alpha value is -0.160. The zero-order valence-corrected chi connectivity index (χ0v) is 12.2. The summed E-state index contributed by atoms with van der Waals surface area (Å²) in [5.74, 6) is 0.642. The maximum absolute atomic E-state index is 9.81. The van der Waals surface area contributed by atoms with E-state index in [0.717, 1.165) is 39.4 Å². The third-order valence-corrected chi connectivity index (χ3v) is 3.88. The maximum atomic E-state index is 9.81. The fourth-order valence-electron chi connectivity index (χ4n) is 2.64. The first kappa shape index (κ1) is 15.9. The number of hydrogen-bond acceptors (Lipinski definition) is 4. The topological polar surface area (TPSA) is 44.7 Å². The van der Waals surface area contributed by atoms with Gasteiger partial charge in [-0.05, 0) is 38.8 Å². The summed E-state index contributed by atoms with van der Waals surface area (Å²) in [6, 6.07) is 0. The van der Waals surface area contributed by atoms with E-state index in [1.54, 1.807) is 0 Å². The van der Waals surface area contributed by atoms with Gasteiger partial charge in [0.25, 0.3) is 0 Å². The SMILES string of the molecule is CCNC(CO)(CN(CC)CCOCC)C1CC1. The zero-order valence-electron chi connectivity index (χ0n) is 12.2. The normalized spacial score (nSPS) is 19.2. The largest absolute Gasteiger partial charge is 0.394 e. The minimum atomic E-state index is -0.100. The van der Waals surface area contributed by atoms with Crippen LogP contribution in [-0.4, -0.2) is 61.5 Å². The van der Waals surface area contributed by atoms with Crippen molar-refractivity contribution in [1.29, 1.82) is 0 Å². The molecule has 0 saturated heterocycles. The van der Waals surface area contributed by atoms with Crippen molar-refractivity contribution < 1.29 is 9.84 Å². The second-order valence-electron chi connectivity index (χ2n) is 5.18. The van der Waals surface area contributed by atoms with Crippen LogP contribution in [0.5, 0.6) is 0 Å². The molecule has 0 aliphatic heterocycles. The van der Waals surface area contributed by atoms with Crippen LogP contribution in [0.15, 0.2) is 0 Å². The molecule has 0 amide bonds. The van der Waals surface area contributed by atoms with E-state index in [0.29, 0.717) is 5.92 Å². The van der Waals surface area contributed by atoms with Crippen molar-refractivity contribution in [3.63, 3.8) is 0 Å². The minimum absolute atomic E-state index is 0.100. The van der Waals surface area contributed by atoms with Gasteiger partial charge in [-0.1, -0.05) is 13.8 Å². The lowest BCUT2D eigenvalue weighted by Gasteiger charge is -2.38. The molecule has 0 aromatic carbocycles. The highest BCUT2D eigenvalue weighted by Gasteiger charge is 2.44. The molecule has 1 fully saturated rings. The van der Waals surface area contributed by atoms with Crippen LogP contribution in [0.2, 0.25) is 0 Å². The van der Waals surface area contributed by atoms with E-state index >= 15 is 0 Å². The highest BCUT2D eigenvalue weighted by Crippen LogP contribution is 2.40. The summed E-state index contributed by atoms with van der Waals surface area (Å²) in [6.07, 6.45) is 2.49. The summed E-state index contributed by atoms with van der Waals surface area (Å²) in [4.78, 5) is 2.38. The van der Waals surface area contributed by atoms with Crippen LogP contribution >= 0.6 is 0 Å². The van der Waals surface area contributed by atoms with E-state index < -0.39 is 0 Å². The highest BCUT2D eigenvalue weighted by atomic mass is 16.5.